The van der Waals surface area contributed by atoms with Gasteiger partial charge >= 0.3 is 5.97 Å². The van der Waals surface area contributed by atoms with Gasteiger partial charge < -0.3 is 5.11 Å². The Balaban J connectivity index is 1.97. The van der Waals surface area contributed by atoms with Crippen molar-refractivity contribution in [2.45, 2.75) is 31.7 Å². The van der Waals surface area contributed by atoms with E-state index in [2.05, 4.69) is 10.00 Å². The second-order valence-electron chi connectivity index (χ2n) is 4.94. The number of carboxylic acid groups (broad SMARTS) is 1. The molecule has 0 amide bonds. The average Bonchev–Trinajstić information content (AvgIpc) is 2.83. The molecule has 2 rings (SSSR count). The zero-order valence-corrected chi connectivity index (χ0v) is 10.4. The van der Waals surface area contributed by atoms with E-state index in [1.807, 2.05) is 26.4 Å². The third kappa shape index (κ3) is 2.34. The van der Waals surface area contributed by atoms with Gasteiger partial charge in [0.25, 0.3) is 0 Å². The van der Waals surface area contributed by atoms with Crippen molar-refractivity contribution < 1.29 is 9.90 Å². The van der Waals surface area contributed by atoms with Crippen LogP contribution in [0.5, 0.6) is 0 Å². The lowest BCUT2D eigenvalue weighted by molar-refractivity contribution is -0.148. The molecule has 17 heavy (non-hydrogen) atoms. The van der Waals surface area contributed by atoms with Crippen LogP contribution in [0.4, 0.5) is 0 Å². The standard InChI is InChI=1S/C12H19N3O2/c1-12(11(16)17)5-3-6-15(12)7-4-10-8-13-14(2)9-10/h8-9H,3-7H2,1-2H3,(H,16,17). The highest BCUT2D eigenvalue weighted by Crippen LogP contribution is 2.29. The zero-order valence-electron chi connectivity index (χ0n) is 10.4. The van der Waals surface area contributed by atoms with E-state index in [0.29, 0.717) is 0 Å². The molecule has 0 aliphatic carbocycles. The average molecular weight is 237 g/mol. The van der Waals surface area contributed by atoms with E-state index in [1.54, 1.807) is 4.68 Å². The van der Waals surface area contributed by atoms with Crippen molar-refractivity contribution in [1.82, 2.24) is 14.7 Å². The van der Waals surface area contributed by atoms with Gasteiger partial charge in [0.15, 0.2) is 0 Å². The number of rotatable bonds is 4. The normalized spacial score (nSPS) is 25.3. The number of nitrogens with zero attached hydrogens (tertiary/aromatic N) is 3. The van der Waals surface area contributed by atoms with Gasteiger partial charge in [-0.25, -0.2) is 0 Å². The predicted molar refractivity (Wildman–Crippen MR) is 63.8 cm³/mol. The van der Waals surface area contributed by atoms with Crippen LogP contribution in [0.25, 0.3) is 0 Å². The quantitative estimate of drug-likeness (QED) is 0.845. The molecular weight excluding hydrogens is 218 g/mol. The van der Waals surface area contributed by atoms with E-state index >= 15 is 0 Å². The molecule has 1 saturated heterocycles. The summed E-state index contributed by atoms with van der Waals surface area (Å²) in [5, 5.41) is 13.4. The molecule has 2 heterocycles. The Bertz CT molecular complexity index is 416. The lowest BCUT2D eigenvalue weighted by Gasteiger charge is -2.30. The molecule has 0 spiro atoms. The van der Waals surface area contributed by atoms with Gasteiger partial charge in [-0.3, -0.25) is 14.4 Å². The Hall–Kier alpha value is -1.36. The molecule has 94 valence electrons. The Morgan fingerprint density at radius 1 is 1.65 bits per heavy atom. The maximum Gasteiger partial charge on any atom is 0.323 e. The Labute approximate surface area is 101 Å². The summed E-state index contributed by atoms with van der Waals surface area (Å²) in [6.07, 6.45) is 6.39. The van der Waals surface area contributed by atoms with Crippen molar-refractivity contribution in [3.8, 4) is 0 Å². The Morgan fingerprint density at radius 2 is 2.41 bits per heavy atom. The van der Waals surface area contributed by atoms with Gasteiger partial charge in [-0.15, -0.1) is 0 Å². The van der Waals surface area contributed by atoms with Crippen LogP contribution in [-0.4, -0.2) is 44.4 Å². The first-order chi connectivity index (χ1) is 8.02. The van der Waals surface area contributed by atoms with E-state index in [9.17, 15) is 9.90 Å². The van der Waals surface area contributed by atoms with Gasteiger partial charge in [0, 0.05) is 19.8 Å². The van der Waals surface area contributed by atoms with Crippen LogP contribution >= 0.6 is 0 Å². The van der Waals surface area contributed by atoms with Crippen LogP contribution in [0.15, 0.2) is 12.4 Å². The molecular formula is C12H19N3O2. The fraction of sp³-hybridized carbons (Fsp3) is 0.667. The van der Waals surface area contributed by atoms with Crippen LogP contribution in [0.3, 0.4) is 0 Å². The molecule has 1 unspecified atom stereocenters. The molecule has 1 aromatic rings. The Morgan fingerprint density at radius 3 is 3.00 bits per heavy atom. The third-order valence-electron chi connectivity index (χ3n) is 3.68. The van der Waals surface area contributed by atoms with Crippen LogP contribution in [0.2, 0.25) is 0 Å². The van der Waals surface area contributed by atoms with Crippen molar-refractivity contribution in [2.75, 3.05) is 13.1 Å². The molecule has 1 aliphatic rings. The highest BCUT2D eigenvalue weighted by atomic mass is 16.4. The number of carboxylic acids is 1. The van der Waals surface area contributed by atoms with E-state index in [-0.39, 0.29) is 0 Å². The third-order valence-corrected chi connectivity index (χ3v) is 3.68. The number of likely N-dealkylation sites (tertiary alicyclic amines) is 1. The second kappa shape index (κ2) is 4.49. The highest BCUT2D eigenvalue weighted by molar-refractivity contribution is 5.78. The van der Waals surface area contributed by atoms with Crippen LogP contribution < -0.4 is 0 Å². The fourth-order valence-electron chi connectivity index (χ4n) is 2.48. The summed E-state index contributed by atoms with van der Waals surface area (Å²) in [7, 11) is 1.89. The summed E-state index contributed by atoms with van der Waals surface area (Å²) < 4.78 is 1.77. The molecule has 1 N–H and O–H groups in total. The van der Waals surface area contributed by atoms with Gasteiger partial charge in [-0.1, -0.05) is 0 Å². The molecule has 1 fully saturated rings. The molecule has 5 heteroatoms. The number of aryl methyl sites for hydroxylation is 1. The monoisotopic (exact) mass is 237 g/mol. The minimum Gasteiger partial charge on any atom is -0.480 e. The van der Waals surface area contributed by atoms with Gasteiger partial charge in [0.1, 0.15) is 5.54 Å². The Kier molecular flexibility index (Phi) is 3.19. The van der Waals surface area contributed by atoms with Gasteiger partial charge in [-0.2, -0.15) is 5.10 Å². The number of hydrogen-bond donors (Lipinski definition) is 1. The molecule has 1 aromatic heterocycles. The number of aliphatic carboxylic acids is 1. The largest absolute Gasteiger partial charge is 0.480 e. The summed E-state index contributed by atoms with van der Waals surface area (Å²) in [6, 6.07) is 0. The van der Waals surface area contributed by atoms with Crippen molar-refractivity contribution >= 4 is 5.97 Å². The topological polar surface area (TPSA) is 58.4 Å². The molecule has 0 radical (unpaired) electrons. The predicted octanol–water partition coefficient (Wildman–Crippen LogP) is 0.902. The smallest absolute Gasteiger partial charge is 0.323 e. The van der Waals surface area contributed by atoms with Gasteiger partial charge in [0.05, 0.1) is 6.20 Å². The molecule has 1 atom stereocenters. The van der Waals surface area contributed by atoms with Gasteiger partial charge in [-0.05, 0) is 38.3 Å². The lowest BCUT2D eigenvalue weighted by Crippen LogP contribution is -2.48. The second-order valence-corrected chi connectivity index (χ2v) is 4.94. The summed E-state index contributed by atoms with van der Waals surface area (Å²) in [5.41, 5.74) is 0.481. The molecule has 5 nitrogen and oxygen atoms in total. The minimum atomic E-state index is -0.707. The van der Waals surface area contributed by atoms with E-state index in [4.69, 9.17) is 0 Å². The first-order valence-corrected chi connectivity index (χ1v) is 5.98. The summed E-state index contributed by atoms with van der Waals surface area (Å²) in [4.78, 5) is 13.4. The summed E-state index contributed by atoms with van der Waals surface area (Å²) in [5.74, 6) is -0.707. The first-order valence-electron chi connectivity index (χ1n) is 5.98. The number of aromatic nitrogens is 2. The molecule has 0 saturated carbocycles. The maximum absolute atomic E-state index is 11.3. The van der Waals surface area contributed by atoms with Crippen molar-refractivity contribution in [3.63, 3.8) is 0 Å². The highest BCUT2D eigenvalue weighted by Gasteiger charge is 2.42. The van der Waals surface area contributed by atoms with Crippen molar-refractivity contribution in [3.05, 3.63) is 18.0 Å². The number of hydrogen-bond acceptors (Lipinski definition) is 3. The fourth-order valence-corrected chi connectivity index (χ4v) is 2.48. The van der Waals surface area contributed by atoms with Gasteiger partial charge in [0.2, 0.25) is 0 Å². The minimum absolute atomic E-state index is 0.678. The lowest BCUT2D eigenvalue weighted by atomic mass is 9.99. The maximum atomic E-state index is 11.3. The number of carbonyl (C=O) groups is 1. The molecule has 0 bridgehead atoms. The molecule has 1 aliphatic heterocycles. The zero-order chi connectivity index (χ0) is 12.5. The molecule has 0 aromatic carbocycles. The first kappa shape index (κ1) is 12.1. The van der Waals surface area contributed by atoms with Crippen LogP contribution in [0, 0.1) is 0 Å². The van der Waals surface area contributed by atoms with Crippen LogP contribution in [-0.2, 0) is 18.3 Å². The van der Waals surface area contributed by atoms with E-state index in [1.165, 1.54) is 0 Å². The van der Waals surface area contributed by atoms with Crippen molar-refractivity contribution in [1.29, 1.82) is 0 Å². The summed E-state index contributed by atoms with van der Waals surface area (Å²) in [6.45, 7) is 3.49. The summed E-state index contributed by atoms with van der Waals surface area (Å²) >= 11 is 0. The van der Waals surface area contributed by atoms with Crippen molar-refractivity contribution in [2.24, 2.45) is 7.05 Å². The SMILES string of the molecule is Cn1cc(CCN2CCCC2(C)C(=O)O)cn1. The van der Waals surface area contributed by atoms with Crippen LogP contribution in [0.1, 0.15) is 25.3 Å². The van der Waals surface area contributed by atoms with E-state index in [0.717, 1.165) is 37.9 Å². The van der Waals surface area contributed by atoms with E-state index < -0.39 is 11.5 Å².